The molecular formula is C22H38N2O6. The molecular weight excluding hydrogens is 388 g/mol. The topological polar surface area (TPSA) is 142 Å². The summed E-state index contributed by atoms with van der Waals surface area (Å²) in [6.45, 7) is 2.21. The summed E-state index contributed by atoms with van der Waals surface area (Å²) in [7, 11) is 0. The van der Waals surface area contributed by atoms with Crippen LogP contribution in [-0.2, 0) is 23.9 Å². The molecule has 0 aromatic carbocycles. The number of unbranched alkanes of at least 4 members (excludes halogenated alkanes) is 9. The van der Waals surface area contributed by atoms with E-state index in [0.717, 1.165) is 25.3 Å². The van der Waals surface area contributed by atoms with Gasteiger partial charge < -0.3 is 26.0 Å². The Bertz CT molecular complexity index is 578. The molecule has 0 saturated carbocycles. The lowest BCUT2D eigenvalue weighted by Gasteiger charge is -2.22. The first-order valence-electron chi connectivity index (χ1n) is 11.2. The van der Waals surface area contributed by atoms with Crippen LogP contribution in [0.2, 0.25) is 0 Å². The van der Waals surface area contributed by atoms with Crippen LogP contribution in [0.3, 0.4) is 0 Å². The van der Waals surface area contributed by atoms with Crippen molar-refractivity contribution in [2.75, 3.05) is 0 Å². The van der Waals surface area contributed by atoms with Gasteiger partial charge in [-0.3, -0.25) is 9.59 Å². The molecule has 3 atom stereocenters. The Kier molecular flexibility index (Phi) is 13.0. The zero-order valence-corrected chi connectivity index (χ0v) is 18.1. The third-order valence-corrected chi connectivity index (χ3v) is 5.25. The van der Waals surface area contributed by atoms with Gasteiger partial charge in [-0.05, 0) is 19.3 Å². The fourth-order valence-corrected chi connectivity index (χ4v) is 3.43. The minimum Gasteiger partial charge on any atom is -0.456 e. The second kappa shape index (κ2) is 15.0. The van der Waals surface area contributed by atoms with E-state index in [0.29, 0.717) is 6.42 Å². The van der Waals surface area contributed by atoms with Gasteiger partial charge in [0, 0.05) is 18.1 Å². The number of hydrogen-bond acceptors (Lipinski definition) is 7. The van der Waals surface area contributed by atoms with Crippen molar-refractivity contribution >= 4 is 17.8 Å². The van der Waals surface area contributed by atoms with Crippen LogP contribution in [0.15, 0.2) is 11.6 Å². The maximum atomic E-state index is 12.3. The Morgan fingerprint density at radius 2 is 1.63 bits per heavy atom. The Labute approximate surface area is 179 Å². The first-order chi connectivity index (χ1) is 14.3. The van der Waals surface area contributed by atoms with E-state index in [1.165, 1.54) is 44.9 Å². The summed E-state index contributed by atoms with van der Waals surface area (Å²) in [4.78, 5) is 34.6. The molecule has 2 unspecified atom stereocenters. The van der Waals surface area contributed by atoms with Crippen molar-refractivity contribution in [1.29, 1.82) is 0 Å². The van der Waals surface area contributed by atoms with Crippen molar-refractivity contribution in [3.8, 4) is 0 Å². The largest absolute Gasteiger partial charge is 0.456 e. The quantitative estimate of drug-likeness (QED) is 0.240. The highest BCUT2D eigenvalue weighted by atomic mass is 16.6. The fraction of sp³-hybridized carbons (Fsp3) is 0.773. The van der Waals surface area contributed by atoms with Gasteiger partial charge in [0.2, 0.25) is 12.2 Å². The molecule has 0 aliphatic carbocycles. The molecule has 0 aromatic rings. The van der Waals surface area contributed by atoms with Crippen LogP contribution in [0.4, 0.5) is 0 Å². The van der Waals surface area contributed by atoms with E-state index in [-0.39, 0.29) is 18.4 Å². The number of rotatable bonds is 17. The molecule has 0 fully saturated rings. The molecule has 1 rings (SSSR count). The SMILES string of the molecule is CCCCCCCCCCCCC(OC(=O)[C@@H](N)CCC(N)=O)C1=CC(=O)OC1O. The van der Waals surface area contributed by atoms with Crippen molar-refractivity contribution in [2.24, 2.45) is 11.5 Å². The summed E-state index contributed by atoms with van der Waals surface area (Å²) in [5, 5.41) is 9.92. The minimum atomic E-state index is -1.42. The summed E-state index contributed by atoms with van der Waals surface area (Å²) < 4.78 is 10.2. The molecule has 0 radical (unpaired) electrons. The Hall–Kier alpha value is -1.93. The molecule has 8 nitrogen and oxygen atoms in total. The maximum Gasteiger partial charge on any atom is 0.333 e. The average Bonchev–Trinajstić information content (AvgIpc) is 3.04. The highest BCUT2D eigenvalue weighted by Crippen LogP contribution is 2.24. The normalized spacial score (nSPS) is 17.9. The van der Waals surface area contributed by atoms with Crippen molar-refractivity contribution in [3.05, 3.63) is 11.6 Å². The van der Waals surface area contributed by atoms with Crippen molar-refractivity contribution in [2.45, 2.75) is 109 Å². The predicted molar refractivity (Wildman–Crippen MR) is 113 cm³/mol. The van der Waals surface area contributed by atoms with Crippen molar-refractivity contribution < 1.29 is 29.0 Å². The van der Waals surface area contributed by atoms with E-state index in [1.807, 2.05) is 0 Å². The highest BCUT2D eigenvalue weighted by molar-refractivity contribution is 5.86. The number of primary amides is 1. The predicted octanol–water partition coefficient (Wildman–Crippen LogP) is 2.60. The molecule has 0 aromatic heterocycles. The number of cyclic esters (lactones) is 1. The van der Waals surface area contributed by atoms with Crippen LogP contribution < -0.4 is 11.5 Å². The van der Waals surface area contributed by atoms with Crippen LogP contribution in [0.25, 0.3) is 0 Å². The molecule has 0 spiro atoms. The molecule has 1 aliphatic rings. The molecule has 8 heteroatoms. The molecule has 1 heterocycles. The smallest absolute Gasteiger partial charge is 0.333 e. The summed E-state index contributed by atoms with van der Waals surface area (Å²) in [6, 6.07) is -0.997. The first kappa shape index (κ1) is 26.1. The van der Waals surface area contributed by atoms with E-state index >= 15 is 0 Å². The van der Waals surface area contributed by atoms with Crippen LogP contribution in [0.1, 0.15) is 90.4 Å². The first-order valence-corrected chi connectivity index (χ1v) is 11.2. The van der Waals surface area contributed by atoms with Gasteiger partial charge in [0.25, 0.3) is 0 Å². The molecule has 172 valence electrons. The van der Waals surface area contributed by atoms with Gasteiger partial charge in [-0.15, -0.1) is 0 Å². The fourth-order valence-electron chi connectivity index (χ4n) is 3.43. The van der Waals surface area contributed by atoms with Gasteiger partial charge >= 0.3 is 11.9 Å². The van der Waals surface area contributed by atoms with E-state index in [2.05, 4.69) is 6.92 Å². The second-order valence-corrected chi connectivity index (χ2v) is 7.94. The van der Waals surface area contributed by atoms with Crippen molar-refractivity contribution in [1.82, 2.24) is 0 Å². The number of carbonyl (C=O) groups is 3. The number of esters is 2. The van der Waals surface area contributed by atoms with E-state index < -0.39 is 36.3 Å². The van der Waals surface area contributed by atoms with E-state index in [1.54, 1.807) is 0 Å². The third kappa shape index (κ3) is 10.7. The lowest BCUT2D eigenvalue weighted by molar-refractivity contribution is -0.155. The number of carbonyl (C=O) groups excluding carboxylic acids is 3. The molecule has 0 saturated heterocycles. The number of ether oxygens (including phenoxy) is 2. The average molecular weight is 427 g/mol. The Balaban J connectivity index is 2.42. The summed E-state index contributed by atoms with van der Waals surface area (Å²) in [6.07, 6.45) is 11.1. The monoisotopic (exact) mass is 426 g/mol. The van der Waals surface area contributed by atoms with E-state index in [4.69, 9.17) is 20.9 Å². The van der Waals surface area contributed by atoms with Crippen LogP contribution >= 0.6 is 0 Å². The summed E-state index contributed by atoms with van der Waals surface area (Å²) >= 11 is 0. The lowest BCUT2D eigenvalue weighted by atomic mass is 10.0. The number of aliphatic hydroxyl groups is 1. The van der Waals surface area contributed by atoms with Gasteiger partial charge in [0.1, 0.15) is 12.1 Å². The Morgan fingerprint density at radius 3 is 2.13 bits per heavy atom. The highest BCUT2D eigenvalue weighted by Gasteiger charge is 2.33. The zero-order valence-electron chi connectivity index (χ0n) is 18.1. The molecule has 30 heavy (non-hydrogen) atoms. The van der Waals surface area contributed by atoms with Gasteiger partial charge in [0.05, 0.1) is 0 Å². The Morgan fingerprint density at radius 1 is 1.07 bits per heavy atom. The molecule has 0 bridgehead atoms. The number of nitrogens with two attached hydrogens (primary N) is 2. The second-order valence-electron chi connectivity index (χ2n) is 7.94. The summed E-state index contributed by atoms with van der Waals surface area (Å²) in [5.74, 6) is -1.91. The molecule has 1 amide bonds. The maximum absolute atomic E-state index is 12.3. The number of hydrogen-bond donors (Lipinski definition) is 3. The van der Waals surface area contributed by atoms with Crippen LogP contribution in [-0.4, -0.2) is 41.4 Å². The summed E-state index contributed by atoms with van der Waals surface area (Å²) in [5.41, 5.74) is 11.1. The lowest BCUT2D eigenvalue weighted by Crippen LogP contribution is -2.37. The van der Waals surface area contributed by atoms with Gasteiger partial charge in [-0.1, -0.05) is 64.7 Å². The molecule has 1 aliphatic heterocycles. The standard InChI is InChI=1S/C22H38N2O6/c1-2-3-4-5-6-7-8-9-10-11-12-18(16-15-20(26)30-21(16)27)29-22(28)17(23)13-14-19(24)25/h15,17-18,21,27H,2-14,23H2,1H3,(H2,24,25)/t17-,18?,21?/m0/s1. The van der Waals surface area contributed by atoms with Crippen molar-refractivity contribution in [3.63, 3.8) is 0 Å². The van der Waals surface area contributed by atoms with Gasteiger partial charge in [-0.2, -0.15) is 0 Å². The van der Waals surface area contributed by atoms with E-state index in [9.17, 15) is 19.5 Å². The number of amides is 1. The van der Waals surface area contributed by atoms with Gasteiger partial charge in [0.15, 0.2) is 0 Å². The molecule has 5 N–H and O–H groups in total. The van der Waals surface area contributed by atoms with Crippen LogP contribution in [0.5, 0.6) is 0 Å². The minimum absolute atomic E-state index is 0.0215. The zero-order chi connectivity index (χ0) is 22.4. The van der Waals surface area contributed by atoms with Gasteiger partial charge in [-0.25, -0.2) is 4.79 Å². The number of aliphatic hydroxyl groups excluding tert-OH is 1. The van der Waals surface area contributed by atoms with Crippen LogP contribution in [0, 0.1) is 0 Å². The third-order valence-electron chi connectivity index (χ3n) is 5.25.